The van der Waals surface area contributed by atoms with E-state index in [1.807, 2.05) is 20.8 Å². The summed E-state index contributed by atoms with van der Waals surface area (Å²) in [5.74, 6) is 1.26. The maximum atomic E-state index is 11.8. The van der Waals surface area contributed by atoms with Crippen LogP contribution in [0.15, 0.2) is 0 Å². The Morgan fingerprint density at radius 2 is 1.86 bits per heavy atom. The van der Waals surface area contributed by atoms with Gasteiger partial charge in [0.15, 0.2) is 0 Å². The highest BCUT2D eigenvalue weighted by molar-refractivity contribution is 5.67. The first-order valence-corrected chi connectivity index (χ1v) is 8.95. The monoisotopic (exact) mass is 312 g/mol. The van der Waals surface area contributed by atoms with Crippen LogP contribution in [0.1, 0.15) is 73.6 Å². The smallest absolute Gasteiger partial charge is 0.407 e. The number of hydrogen-bond acceptors (Lipinski definition) is 3. The summed E-state index contributed by atoms with van der Waals surface area (Å²) in [7, 11) is 0. The second kappa shape index (κ2) is 8.76. The molecule has 0 aromatic heterocycles. The van der Waals surface area contributed by atoms with Crippen molar-refractivity contribution < 1.29 is 9.53 Å². The van der Waals surface area contributed by atoms with Gasteiger partial charge in [-0.3, -0.25) is 0 Å². The third kappa shape index (κ3) is 6.99. The van der Waals surface area contributed by atoms with Crippen LogP contribution in [-0.4, -0.2) is 30.3 Å². The Bertz CT molecular complexity index is 336. The standard InChI is InChI=1S/C18H36N2O2/c1-7-14-10-8-9-11-15(14)20-16(13(2)3)12-19-17(21)22-18(4,5)6/h13-16,20H,7-12H2,1-6H3,(H,19,21). The van der Waals surface area contributed by atoms with Crippen molar-refractivity contribution in [2.45, 2.75) is 91.3 Å². The molecule has 0 saturated heterocycles. The van der Waals surface area contributed by atoms with Gasteiger partial charge in [-0.1, -0.05) is 40.0 Å². The summed E-state index contributed by atoms with van der Waals surface area (Å²) in [6.45, 7) is 13.0. The van der Waals surface area contributed by atoms with E-state index in [-0.39, 0.29) is 6.09 Å². The molecule has 3 atom stereocenters. The SMILES string of the molecule is CCC1CCCCC1NC(CNC(=O)OC(C)(C)C)C(C)C. The van der Waals surface area contributed by atoms with Gasteiger partial charge in [-0.25, -0.2) is 4.79 Å². The van der Waals surface area contributed by atoms with Crippen molar-refractivity contribution in [1.29, 1.82) is 0 Å². The molecule has 2 N–H and O–H groups in total. The fourth-order valence-electron chi connectivity index (χ4n) is 3.19. The molecule has 1 aliphatic rings. The van der Waals surface area contributed by atoms with E-state index in [9.17, 15) is 4.79 Å². The first-order chi connectivity index (χ1) is 10.2. The fourth-order valence-corrected chi connectivity index (χ4v) is 3.19. The summed E-state index contributed by atoms with van der Waals surface area (Å²) < 4.78 is 5.32. The van der Waals surface area contributed by atoms with Crippen LogP contribution in [0.3, 0.4) is 0 Å². The van der Waals surface area contributed by atoms with E-state index < -0.39 is 5.60 Å². The minimum Gasteiger partial charge on any atom is -0.444 e. The normalized spacial score (nSPS) is 24.1. The molecule has 4 nitrogen and oxygen atoms in total. The van der Waals surface area contributed by atoms with E-state index in [4.69, 9.17) is 4.74 Å². The highest BCUT2D eigenvalue weighted by Gasteiger charge is 2.27. The number of amides is 1. The largest absolute Gasteiger partial charge is 0.444 e. The molecule has 0 aliphatic heterocycles. The van der Waals surface area contributed by atoms with Gasteiger partial charge in [0.2, 0.25) is 0 Å². The molecular weight excluding hydrogens is 276 g/mol. The van der Waals surface area contributed by atoms with Gasteiger partial charge in [-0.15, -0.1) is 0 Å². The lowest BCUT2D eigenvalue weighted by Gasteiger charge is -2.36. The zero-order chi connectivity index (χ0) is 16.8. The van der Waals surface area contributed by atoms with E-state index in [0.29, 0.717) is 24.5 Å². The molecule has 0 bridgehead atoms. The van der Waals surface area contributed by atoms with Crippen molar-refractivity contribution in [3.8, 4) is 0 Å². The van der Waals surface area contributed by atoms with Gasteiger partial charge in [0.1, 0.15) is 5.60 Å². The summed E-state index contributed by atoms with van der Waals surface area (Å²) in [6.07, 6.45) is 6.18. The van der Waals surface area contributed by atoms with Crippen molar-refractivity contribution in [3.05, 3.63) is 0 Å². The summed E-state index contributed by atoms with van der Waals surface area (Å²) in [5, 5.41) is 6.72. The zero-order valence-electron chi connectivity index (χ0n) is 15.4. The zero-order valence-corrected chi connectivity index (χ0v) is 15.4. The number of carbonyl (C=O) groups excluding carboxylic acids is 1. The Hall–Kier alpha value is -0.770. The molecule has 1 aliphatic carbocycles. The summed E-state index contributed by atoms with van der Waals surface area (Å²) in [5.41, 5.74) is -0.443. The van der Waals surface area contributed by atoms with Crippen LogP contribution in [0.5, 0.6) is 0 Å². The van der Waals surface area contributed by atoms with Crippen molar-refractivity contribution >= 4 is 6.09 Å². The first-order valence-electron chi connectivity index (χ1n) is 8.95. The van der Waals surface area contributed by atoms with Gasteiger partial charge in [-0.2, -0.15) is 0 Å². The summed E-state index contributed by atoms with van der Waals surface area (Å²) in [6, 6.07) is 0.885. The minimum absolute atomic E-state index is 0.296. The molecule has 22 heavy (non-hydrogen) atoms. The number of ether oxygens (including phenoxy) is 1. The van der Waals surface area contributed by atoms with E-state index in [0.717, 1.165) is 5.92 Å². The van der Waals surface area contributed by atoms with E-state index >= 15 is 0 Å². The van der Waals surface area contributed by atoms with Gasteiger partial charge in [0, 0.05) is 18.6 Å². The highest BCUT2D eigenvalue weighted by Crippen LogP contribution is 2.27. The molecule has 0 radical (unpaired) electrons. The second-order valence-corrected chi connectivity index (χ2v) is 7.96. The predicted molar refractivity (Wildman–Crippen MR) is 92.0 cm³/mol. The number of alkyl carbamates (subject to hydrolysis) is 1. The molecule has 1 fully saturated rings. The number of rotatable bonds is 6. The Kier molecular flexibility index (Phi) is 7.67. The van der Waals surface area contributed by atoms with Crippen molar-refractivity contribution in [1.82, 2.24) is 10.6 Å². The van der Waals surface area contributed by atoms with Crippen molar-refractivity contribution in [2.75, 3.05) is 6.54 Å². The van der Waals surface area contributed by atoms with Gasteiger partial charge in [-0.05, 0) is 45.4 Å². The Morgan fingerprint density at radius 1 is 1.23 bits per heavy atom. The van der Waals surface area contributed by atoms with Crippen molar-refractivity contribution in [3.63, 3.8) is 0 Å². The summed E-state index contributed by atoms with van der Waals surface area (Å²) in [4.78, 5) is 11.8. The average molecular weight is 312 g/mol. The first kappa shape index (κ1) is 19.3. The molecule has 3 unspecified atom stereocenters. The number of hydrogen-bond donors (Lipinski definition) is 2. The molecule has 4 heteroatoms. The molecule has 0 spiro atoms. The lowest BCUT2D eigenvalue weighted by atomic mass is 9.82. The average Bonchev–Trinajstić information content (AvgIpc) is 2.41. The lowest BCUT2D eigenvalue weighted by Crippen LogP contribution is -2.51. The topological polar surface area (TPSA) is 50.4 Å². The number of carbonyl (C=O) groups is 1. The van der Waals surface area contributed by atoms with Crippen LogP contribution in [0.2, 0.25) is 0 Å². The van der Waals surface area contributed by atoms with Crippen LogP contribution >= 0.6 is 0 Å². The molecule has 1 amide bonds. The van der Waals surface area contributed by atoms with Gasteiger partial charge < -0.3 is 15.4 Å². The Morgan fingerprint density at radius 3 is 2.41 bits per heavy atom. The molecule has 1 rings (SSSR count). The molecule has 1 saturated carbocycles. The van der Waals surface area contributed by atoms with Crippen LogP contribution in [-0.2, 0) is 4.74 Å². The van der Waals surface area contributed by atoms with Crippen LogP contribution in [0.4, 0.5) is 4.79 Å². The van der Waals surface area contributed by atoms with E-state index in [2.05, 4.69) is 31.4 Å². The Labute approximate surface area is 136 Å². The van der Waals surface area contributed by atoms with Crippen molar-refractivity contribution in [2.24, 2.45) is 11.8 Å². The molecule has 130 valence electrons. The minimum atomic E-state index is -0.443. The van der Waals surface area contributed by atoms with Crippen LogP contribution in [0.25, 0.3) is 0 Å². The maximum absolute atomic E-state index is 11.8. The Balaban J connectivity index is 2.49. The maximum Gasteiger partial charge on any atom is 0.407 e. The van der Waals surface area contributed by atoms with E-state index in [1.165, 1.54) is 32.1 Å². The summed E-state index contributed by atoms with van der Waals surface area (Å²) >= 11 is 0. The highest BCUT2D eigenvalue weighted by atomic mass is 16.6. The fraction of sp³-hybridized carbons (Fsp3) is 0.944. The molecule has 0 heterocycles. The lowest BCUT2D eigenvalue weighted by molar-refractivity contribution is 0.0516. The second-order valence-electron chi connectivity index (χ2n) is 7.96. The van der Waals surface area contributed by atoms with Gasteiger partial charge in [0.05, 0.1) is 0 Å². The van der Waals surface area contributed by atoms with Crippen LogP contribution in [0, 0.1) is 11.8 Å². The van der Waals surface area contributed by atoms with Crippen LogP contribution < -0.4 is 10.6 Å². The molecular formula is C18H36N2O2. The van der Waals surface area contributed by atoms with Gasteiger partial charge >= 0.3 is 6.09 Å². The third-order valence-corrected chi connectivity index (χ3v) is 4.53. The van der Waals surface area contributed by atoms with E-state index in [1.54, 1.807) is 0 Å². The molecule has 0 aromatic rings. The quantitative estimate of drug-likeness (QED) is 0.776. The third-order valence-electron chi connectivity index (χ3n) is 4.53. The van der Waals surface area contributed by atoms with Gasteiger partial charge in [0.25, 0.3) is 0 Å². The predicted octanol–water partition coefficient (Wildman–Crippen LogP) is 4.09. The number of nitrogens with one attached hydrogen (secondary N) is 2. The molecule has 0 aromatic carbocycles.